The number of aromatic nitrogens is 1. The molecule has 1 aromatic carbocycles. The van der Waals surface area contributed by atoms with E-state index >= 15 is 0 Å². The van der Waals surface area contributed by atoms with E-state index in [1.165, 1.54) is 0 Å². The topological polar surface area (TPSA) is 89.0 Å². The highest BCUT2D eigenvalue weighted by Gasteiger charge is 2.13. The van der Waals surface area contributed by atoms with Crippen molar-refractivity contribution in [1.29, 1.82) is 5.26 Å². The van der Waals surface area contributed by atoms with Crippen LogP contribution < -0.4 is 4.74 Å². The second-order valence-corrected chi connectivity index (χ2v) is 4.72. The highest BCUT2D eigenvalue weighted by molar-refractivity contribution is 14.1. The fraction of sp³-hybridized carbons (Fsp3) is 0. The van der Waals surface area contributed by atoms with Gasteiger partial charge in [0.15, 0.2) is 0 Å². The molecular weight excluding hydrogens is 361 g/mol. The average molecular weight is 367 g/mol. The lowest BCUT2D eigenvalue weighted by Crippen LogP contribution is -1.95. The van der Waals surface area contributed by atoms with Gasteiger partial charge < -0.3 is 4.74 Å². The summed E-state index contributed by atoms with van der Waals surface area (Å²) in [5.41, 5.74) is -0.223. The van der Waals surface area contributed by atoms with E-state index in [0.29, 0.717) is 5.75 Å². The molecule has 1 heterocycles. The van der Waals surface area contributed by atoms with Crippen molar-refractivity contribution in [2.45, 2.75) is 0 Å². The Morgan fingerprint density at radius 1 is 1.42 bits per heavy atom. The van der Waals surface area contributed by atoms with Gasteiger partial charge in [0.1, 0.15) is 23.6 Å². The van der Waals surface area contributed by atoms with Gasteiger partial charge in [-0.15, -0.1) is 0 Å². The Balaban J connectivity index is 2.36. The van der Waals surface area contributed by atoms with Crippen LogP contribution in [0, 0.1) is 25.0 Å². The Morgan fingerprint density at radius 2 is 2.21 bits per heavy atom. The summed E-state index contributed by atoms with van der Waals surface area (Å²) in [5.74, 6) is 0.569. The van der Waals surface area contributed by atoms with E-state index in [0.717, 1.165) is 15.8 Å². The van der Waals surface area contributed by atoms with Gasteiger partial charge in [-0.05, 0) is 40.8 Å². The van der Waals surface area contributed by atoms with Crippen molar-refractivity contribution in [2.75, 3.05) is 0 Å². The molecule has 19 heavy (non-hydrogen) atoms. The molecule has 94 valence electrons. The summed E-state index contributed by atoms with van der Waals surface area (Å²) in [7, 11) is 0. The van der Waals surface area contributed by atoms with E-state index in [1.54, 1.807) is 18.2 Å². The van der Waals surface area contributed by atoms with Gasteiger partial charge in [-0.3, -0.25) is 10.1 Å². The molecule has 0 atom stereocenters. The molecule has 0 fully saturated rings. The highest BCUT2D eigenvalue weighted by Crippen LogP contribution is 2.26. The molecule has 0 amide bonds. The molecule has 6 nitrogen and oxygen atoms in total. The number of hydrogen-bond donors (Lipinski definition) is 0. The van der Waals surface area contributed by atoms with E-state index in [2.05, 4.69) is 27.6 Å². The van der Waals surface area contributed by atoms with Crippen LogP contribution in [0.5, 0.6) is 11.6 Å². The first kappa shape index (κ1) is 13.2. The van der Waals surface area contributed by atoms with E-state index in [-0.39, 0.29) is 17.1 Å². The molecular formula is C12H6IN3O3. The number of nitro groups is 1. The molecule has 0 saturated heterocycles. The summed E-state index contributed by atoms with van der Waals surface area (Å²) < 4.78 is 6.42. The zero-order valence-electron chi connectivity index (χ0n) is 9.41. The van der Waals surface area contributed by atoms with Gasteiger partial charge in [-0.25, -0.2) is 4.98 Å². The van der Waals surface area contributed by atoms with Gasteiger partial charge in [0.25, 0.3) is 5.69 Å². The molecule has 0 spiro atoms. The third kappa shape index (κ3) is 3.17. The lowest BCUT2D eigenvalue weighted by atomic mass is 10.2. The van der Waals surface area contributed by atoms with Crippen LogP contribution >= 0.6 is 22.6 Å². The van der Waals surface area contributed by atoms with E-state index < -0.39 is 4.92 Å². The van der Waals surface area contributed by atoms with Gasteiger partial charge in [-0.1, -0.05) is 6.07 Å². The molecule has 0 saturated carbocycles. The first-order valence-corrected chi connectivity index (χ1v) is 6.16. The lowest BCUT2D eigenvalue weighted by molar-refractivity contribution is -0.385. The largest absolute Gasteiger partial charge is 0.438 e. The third-order valence-corrected chi connectivity index (χ3v) is 2.85. The van der Waals surface area contributed by atoms with Crippen molar-refractivity contribution in [3.05, 3.63) is 55.8 Å². The monoisotopic (exact) mass is 367 g/mol. The van der Waals surface area contributed by atoms with Crippen LogP contribution in [0.25, 0.3) is 0 Å². The number of halogens is 1. The maximum Gasteiger partial charge on any atom is 0.289 e. The smallest absolute Gasteiger partial charge is 0.289 e. The van der Waals surface area contributed by atoms with Crippen molar-refractivity contribution in [2.24, 2.45) is 0 Å². The van der Waals surface area contributed by atoms with Crippen molar-refractivity contribution >= 4 is 28.3 Å². The van der Waals surface area contributed by atoms with Gasteiger partial charge in [-0.2, -0.15) is 5.26 Å². The predicted octanol–water partition coefficient (Wildman–Crippen LogP) is 3.26. The third-order valence-electron chi connectivity index (χ3n) is 2.18. The number of ether oxygens (including phenoxy) is 1. The Labute approximate surface area is 121 Å². The Morgan fingerprint density at radius 3 is 2.84 bits per heavy atom. The Kier molecular flexibility index (Phi) is 3.91. The van der Waals surface area contributed by atoms with E-state index in [9.17, 15) is 10.1 Å². The number of nitrogens with zero attached hydrogens (tertiary/aromatic N) is 3. The van der Waals surface area contributed by atoms with Crippen molar-refractivity contribution < 1.29 is 9.66 Å². The van der Waals surface area contributed by atoms with Crippen LogP contribution in [0.2, 0.25) is 0 Å². The van der Waals surface area contributed by atoms with Crippen LogP contribution in [0.15, 0.2) is 36.5 Å². The summed E-state index contributed by atoms with van der Waals surface area (Å²) in [6, 6.07) is 10.1. The molecule has 1 aromatic heterocycles. The van der Waals surface area contributed by atoms with E-state index in [4.69, 9.17) is 10.00 Å². The first-order valence-electron chi connectivity index (χ1n) is 5.08. The standard InChI is InChI=1S/C12H6IN3O3/c13-9-2-1-3-11(5-9)19-12-8(6-14)4-10(7-15-12)16(17)18/h1-5,7H. The molecule has 0 bridgehead atoms. The maximum absolute atomic E-state index is 10.6. The van der Waals surface area contributed by atoms with Crippen LogP contribution in [0.3, 0.4) is 0 Å². The maximum atomic E-state index is 10.6. The molecule has 0 aliphatic carbocycles. The normalized spacial score (nSPS) is 9.68. The number of hydrogen-bond acceptors (Lipinski definition) is 5. The molecule has 0 unspecified atom stereocenters. The summed E-state index contributed by atoms with van der Waals surface area (Å²) >= 11 is 2.13. The van der Waals surface area contributed by atoms with Crippen LogP contribution in [0.4, 0.5) is 5.69 Å². The Bertz CT molecular complexity index is 682. The van der Waals surface area contributed by atoms with Crippen molar-refractivity contribution in [1.82, 2.24) is 4.98 Å². The molecule has 0 aliphatic rings. The van der Waals surface area contributed by atoms with Crippen molar-refractivity contribution in [3.8, 4) is 17.7 Å². The number of rotatable bonds is 3. The number of pyridine rings is 1. The van der Waals surface area contributed by atoms with Gasteiger partial charge in [0.05, 0.1) is 4.92 Å². The summed E-state index contributed by atoms with van der Waals surface area (Å²) in [6.07, 6.45) is 1.06. The SMILES string of the molecule is N#Cc1cc([N+](=O)[O-])cnc1Oc1cccc(I)c1. The molecule has 2 aromatic rings. The van der Waals surface area contributed by atoms with Crippen LogP contribution in [-0.2, 0) is 0 Å². The first-order chi connectivity index (χ1) is 9.10. The number of benzene rings is 1. The average Bonchev–Trinajstić information content (AvgIpc) is 2.39. The second-order valence-electron chi connectivity index (χ2n) is 3.47. The van der Waals surface area contributed by atoms with Gasteiger partial charge >= 0.3 is 0 Å². The second kappa shape index (κ2) is 5.62. The van der Waals surface area contributed by atoms with E-state index in [1.807, 2.05) is 12.1 Å². The zero-order chi connectivity index (χ0) is 13.8. The predicted molar refractivity (Wildman–Crippen MR) is 74.8 cm³/mol. The minimum Gasteiger partial charge on any atom is -0.438 e. The lowest BCUT2D eigenvalue weighted by Gasteiger charge is -2.06. The Hall–Kier alpha value is -2.21. The summed E-state index contributed by atoms with van der Waals surface area (Å²) in [4.78, 5) is 13.8. The highest BCUT2D eigenvalue weighted by atomic mass is 127. The molecule has 7 heteroatoms. The fourth-order valence-electron chi connectivity index (χ4n) is 1.34. The molecule has 0 aliphatic heterocycles. The molecule has 0 N–H and O–H groups in total. The number of nitriles is 1. The molecule has 2 rings (SSSR count). The minimum absolute atomic E-state index is 0.0214. The quantitative estimate of drug-likeness (QED) is 0.472. The van der Waals surface area contributed by atoms with Crippen molar-refractivity contribution in [3.63, 3.8) is 0 Å². The zero-order valence-corrected chi connectivity index (χ0v) is 11.6. The van der Waals surface area contributed by atoms with Gasteiger partial charge in [0, 0.05) is 9.64 Å². The van der Waals surface area contributed by atoms with Crippen LogP contribution in [-0.4, -0.2) is 9.91 Å². The fourth-order valence-corrected chi connectivity index (χ4v) is 1.86. The minimum atomic E-state index is -0.608. The summed E-state index contributed by atoms with van der Waals surface area (Å²) in [6.45, 7) is 0. The van der Waals surface area contributed by atoms with Crippen LogP contribution in [0.1, 0.15) is 5.56 Å². The molecule has 0 radical (unpaired) electrons. The summed E-state index contributed by atoms with van der Waals surface area (Å²) in [5, 5.41) is 19.6. The van der Waals surface area contributed by atoms with Gasteiger partial charge in [0.2, 0.25) is 5.88 Å².